The molecule has 0 amide bonds. The molecule has 10 nitrogen and oxygen atoms in total. The first-order valence-corrected chi connectivity index (χ1v) is 12.3. The molecule has 0 saturated carbocycles. The zero-order valence-electron chi connectivity index (χ0n) is 20.6. The second-order valence-electron chi connectivity index (χ2n) is 9.17. The Balaban J connectivity index is 1.35. The predicted molar refractivity (Wildman–Crippen MR) is 141 cm³/mol. The lowest BCUT2D eigenvalue weighted by Gasteiger charge is -2.21. The van der Waals surface area contributed by atoms with Crippen LogP contribution in [-0.2, 0) is 25.2 Å². The largest absolute Gasteiger partial charge is 0.310 e. The minimum absolute atomic E-state index is 0.506. The number of rotatable bonds is 9. The van der Waals surface area contributed by atoms with E-state index < -0.39 is 5.54 Å². The second kappa shape index (κ2) is 10.2. The molecule has 3 heterocycles. The van der Waals surface area contributed by atoms with Gasteiger partial charge in [-0.3, -0.25) is 0 Å². The average molecular weight is 503 g/mol. The molecule has 0 atom stereocenters. The molecule has 0 radical (unpaired) electrons. The number of hydrogen-bond acceptors (Lipinski definition) is 7. The van der Waals surface area contributed by atoms with Crippen molar-refractivity contribution in [3.8, 4) is 0 Å². The third kappa shape index (κ3) is 4.84. The Bertz CT molecular complexity index is 1410. The van der Waals surface area contributed by atoms with Gasteiger partial charge in [-0.05, 0) is 16.7 Å². The van der Waals surface area contributed by atoms with E-state index in [4.69, 9.17) is 5.73 Å². The third-order valence-corrected chi connectivity index (χ3v) is 6.39. The first-order valence-electron chi connectivity index (χ1n) is 12.3. The molecular formula is C28H26N10. The monoisotopic (exact) mass is 502 g/mol. The fourth-order valence-corrected chi connectivity index (χ4v) is 4.37. The van der Waals surface area contributed by atoms with Gasteiger partial charge in [0.2, 0.25) is 0 Å². The van der Waals surface area contributed by atoms with Crippen LogP contribution >= 0.6 is 0 Å². The zero-order chi connectivity index (χ0) is 25.8. The fourth-order valence-electron chi connectivity index (χ4n) is 4.37. The standard InChI is InChI=1S/C28H26N10/c29-28(25-19-36(33-30-25)16-22-10-4-1-5-11-22,26-20-37(34-31-26)17-23-12-6-2-7-13-23)27-21-38(35-32-27)18-24-14-8-3-9-15-24/h1-15,19-21H,16-18,29H2. The summed E-state index contributed by atoms with van der Waals surface area (Å²) in [6.45, 7) is 1.68. The van der Waals surface area contributed by atoms with Crippen LogP contribution in [0.4, 0.5) is 0 Å². The highest BCUT2D eigenvalue weighted by Crippen LogP contribution is 2.30. The summed E-state index contributed by atoms with van der Waals surface area (Å²) in [5, 5.41) is 26.4. The molecule has 0 aliphatic rings. The number of aromatic nitrogens is 9. The van der Waals surface area contributed by atoms with E-state index >= 15 is 0 Å². The highest BCUT2D eigenvalue weighted by Gasteiger charge is 2.41. The maximum absolute atomic E-state index is 7.13. The van der Waals surface area contributed by atoms with Crippen LogP contribution in [0.15, 0.2) is 110 Å². The molecule has 3 aromatic carbocycles. The van der Waals surface area contributed by atoms with Gasteiger partial charge in [0.05, 0.1) is 38.2 Å². The molecule has 188 valence electrons. The molecular weight excluding hydrogens is 476 g/mol. The Morgan fingerprint density at radius 1 is 0.474 bits per heavy atom. The average Bonchev–Trinajstić information content (AvgIpc) is 3.73. The second-order valence-corrected chi connectivity index (χ2v) is 9.17. The first-order chi connectivity index (χ1) is 18.7. The smallest absolute Gasteiger partial charge is 0.154 e. The van der Waals surface area contributed by atoms with Crippen molar-refractivity contribution < 1.29 is 0 Å². The van der Waals surface area contributed by atoms with Crippen LogP contribution in [0.3, 0.4) is 0 Å². The molecule has 0 saturated heterocycles. The summed E-state index contributed by atoms with van der Waals surface area (Å²) in [6, 6.07) is 30.2. The van der Waals surface area contributed by atoms with Gasteiger partial charge in [-0.15, -0.1) is 15.3 Å². The molecule has 0 unspecified atom stereocenters. The normalized spacial score (nSPS) is 11.6. The summed E-state index contributed by atoms with van der Waals surface area (Å²) in [4.78, 5) is 0. The Kier molecular flexibility index (Phi) is 6.29. The summed E-state index contributed by atoms with van der Waals surface area (Å²) in [5.74, 6) is 0. The van der Waals surface area contributed by atoms with Crippen LogP contribution in [0.1, 0.15) is 33.8 Å². The fraction of sp³-hybridized carbons (Fsp3) is 0.143. The number of benzene rings is 3. The molecule has 0 aliphatic carbocycles. The Morgan fingerprint density at radius 3 is 1.05 bits per heavy atom. The summed E-state index contributed by atoms with van der Waals surface area (Å²) < 4.78 is 5.28. The highest BCUT2D eigenvalue weighted by atomic mass is 15.5. The van der Waals surface area contributed by atoms with Crippen molar-refractivity contribution in [1.82, 2.24) is 45.0 Å². The van der Waals surface area contributed by atoms with Gasteiger partial charge in [-0.2, -0.15) is 0 Å². The lowest BCUT2D eigenvalue weighted by Crippen LogP contribution is -2.40. The van der Waals surface area contributed by atoms with E-state index in [2.05, 4.69) is 30.9 Å². The van der Waals surface area contributed by atoms with Gasteiger partial charge in [-0.1, -0.05) is 107 Å². The van der Waals surface area contributed by atoms with Gasteiger partial charge in [0.15, 0.2) is 5.54 Å². The summed E-state index contributed by atoms with van der Waals surface area (Å²) in [5.41, 5.74) is 10.7. The molecule has 6 aromatic rings. The van der Waals surface area contributed by atoms with E-state index in [0.29, 0.717) is 36.7 Å². The van der Waals surface area contributed by atoms with Gasteiger partial charge in [0.25, 0.3) is 0 Å². The van der Waals surface area contributed by atoms with Crippen LogP contribution in [0.5, 0.6) is 0 Å². The maximum atomic E-state index is 7.13. The SMILES string of the molecule is NC(c1cn(Cc2ccccc2)nn1)(c1cn(Cc2ccccc2)nn1)c1cn(Cc2ccccc2)nn1. The van der Waals surface area contributed by atoms with Gasteiger partial charge >= 0.3 is 0 Å². The van der Waals surface area contributed by atoms with Gasteiger partial charge in [-0.25, -0.2) is 14.0 Å². The van der Waals surface area contributed by atoms with Gasteiger partial charge in [0, 0.05) is 0 Å². The van der Waals surface area contributed by atoms with E-state index in [1.54, 1.807) is 14.0 Å². The van der Waals surface area contributed by atoms with Crippen LogP contribution in [-0.4, -0.2) is 45.0 Å². The molecule has 10 heteroatoms. The Labute approximate surface area is 219 Å². The molecule has 2 N–H and O–H groups in total. The highest BCUT2D eigenvalue weighted by molar-refractivity contribution is 5.37. The van der Waals surface area contributed by atoms with E-state index in [9.17, 15) is 0 Å². The van der Waals surface area contributed by atoms with Crippen molar-refractivity contribution in [2.75, 3.05) is 0 Å². The maximum Gasteiger partial charge on any atom is 0.154 e. The topological polar surface area (TPSA) is 118 Å². The Hall–Kier alpha value is -4.96. The van der Waals surface area contributed by atoms with Crippen molar-refractivity contribution in [3.05, 3.63) is 143 Å². The quantitative estimate of drug-likeness (QED) is 0.323. The van der Waals surface area contributed by atoms with E-state index in [1.165, 1.54) is 0 Å². The van der Waals surface area contributed by atoms with Crippen molar-refractivity contribution in [2.24, 2.45) is 5.73 Å². The summed E-state index contributed by atoms with van der Waals surface area (Å²) in [7, 11) is 0. The molecule has 0 bridgehead atoms. The number of nitrogens with zero attached hydrogens (tertiary/aromatic N) is 9. The third-order valence-electron chi connectivity index (χ3n) is 6.39. The van der Waals surface area contributed by atoms with Crippen molar-refractivity contribution in [1.29, 1.82) is 0 Å². The molecule has 0 aliphatic heterocycles. The van der Waals surface area contributed by atoms with Crippen LogP contribution in [0.2, 0.25) is 0 Å². The molecule has 38 heavy (non-hydrogen) atoms. The van der Waals surface area contributed by atoms with Crippen molar-refractivity contribution in [3.63, 3.8) is 0 Å². The Morgan fingerprint density at radius 2 is 0.763 bits per heavy atom. The van der Waals surface area contributed by atoms with E-state index in [1.807, 2.05) is 110 Å². The molecule has 0 spiro atoms. The minimum Gasteiger partial charge on any atom is -0.310 e. The van der Waals surface area contributed by atoms with Crippen molar-refractivity contribution >= 4 is 0 Å². The van der Waals surface area contributed by atoms with E-state index in [-0.39, 0.29) is 0 Å². The summed E-state index contributed by atoms with van der Waals surface area (Å²) >= 11 is 0. The van der Waals surface area contributed by atoms with Crippen LogP contribution in [0.25, 0.3) is 0 Å². The number of hydrogen-bond donors (Lipinski definition) is 1. The minimum atomic E-state index is -1.31. The molecule has 6 rings (SSSR count). The van der Waals surface area contributed by atoms with Crippen LogP contribution in [0, 0.1) is 0 Å². The lowest BCUT2D eigenvalue weighted by molar-refractivity contribution is 0.578. The zero-order valence-corrected chi connectivity index (χ0v) is 20.6. The van der Waals surface area contributed by atoms with Crippen LogP contribution < -0.4 is 5.73 Å². The predicted octanol–water partition coefficient (Wildman–Crippen LogP) is 2.86. The lowest BCUT2D eigenvalue weighted by atomic mass is 9.90. The van der Waals surface area contributed by atoms with E-state index in [0.717, 1.165) is 16.7 Å². The number of nitrogens with two attached hydrogens (primary N) is 1. The molecule has 0 fully saturated rings. The van der Waals surface area contributed by atoms with Gasteiger partial charge in [0.1, 0.15) is 17.1 Å². The molecule has 3 aromatic heterocycles. The first kappa shape index (κ1) is 23.4. The van der Waals surface area contributed by atoms with Gasteiger partial charge < -0.3 is 5.73 Å². The summed E-state index contributed by atoms with van der Waals surface area (Å²) in [6.07, 6.45) is 5.50. The van der Waals surface area contributed by atoms with Crippen molar-refractivity contribution in [2.45, 2.75) is 25.2 Å².